The molecular weight excluding hydrogens is 317 g/mol. The first-order valence-corrected chi connectivity index (χ1v) is 8.04. The van der Waals surface area contributed by atoms with Crippen molar-refractivity contribution in [3.8, 4) is 5.75 Å². The zero-order valence-electron chi connectivity index (χ0n) is 12.7. The summed E-state index contributed by atoms with van der Waals surface area (Å²) in [7, 11) is 0. The molecule has 2 aromatic carbocycles. The summed E-state index contributed by atoms with van der Waals surface area (Å²) in [5.74, 6) is -0.0222. The van der Waals surface area contributed by atoms with E-state index < -0.39 is 11.9 Å². The molecule has 3 nitrogen and oxygen atoms in total. The van der Waals surface area contributed by atoms with Gasteiger partial charge in [-0.15, -0.1) is 0 Å². The average molecular weight is 336 g/mol. The molecule has 1 aliphatic rings. The van der Waals surface area contributed by atoms with Gasteiger partial charge in [0.2, 0.25) is 0 Å². The molecule has 0 radical (unpaired) electrons. The molecule has 2 aromatic rings. The second kappa shape index (κ2) is 7.30. The van der Waals surface area contributed by atoms with Crippen molar-refractivity contribution in [1.29, 1.82) is 0 Å². The first-order chi connectivity index (χ1) is 11.1. The van der Waals surface area contributed by atoms with Gasteiger partial charge in [0.15, 0.2) is 0 Å². The molecule has 0 aliphatic carbocycles. The molecule has 1 heterocycles. The Hall–Kier alpha value is -1.62. The normalized spacial score (nSPS) is 16.0. The minimum Gasteiger partial charge on any atom is -0.489 e. The number of fused-ring (bicyclic) bond motifs is 1. The molecule has 0 fully saturated rings. The third-order valence-electron chi connectivity index (χ3n) is 4.00. The molecule has 1 atom stereocenters. The highest BCUT2D eigenvalue weighted by molar-refractivity contribution is 6.32. The van der Waals surface area contributed by atoms with Crippen LogP contribution in [0.15, 0.2) is 42.5 Å². The SMILES string of the molecule is O[C@@H](COc1ccc(F)cc1Cl)CN1CCc2ccccc2C1. The lowest BCUT2D eigenvalue weighted by Gasteiger charge is -2.30. The zero-order chi connectivity index (χ0) is 16.2. The van der Waals surface area contributed by atoms with Crippen molar-refractivity contribution < 1.29 is 14.2 Å². The first-order valence-electron chi connectivity index (χ1n) is 7.67. The van der Waals surface area contributed by atoms with Crippen molar-refractivity contribution in [3.05, 3.63) is 64.4 Å². The molecule has 1 N–H and O–H groups in total. The van der Waals surface area contributed by atoms with Crippen LogP contribution in [0.5, 0.6) is 5.75 Å². The van der Waals surface area contributed by atoms with E-state index in [1.165, 1.54) is 29.3 Å². The Morgan fingerprint density at radius 2 is 2.00 bits per heavy atom. The summed E-state index contributed by atoms with van der Waals surface area (Å²) in [6, 6.07) is 12.3. The van der Waals surface area contributed by atoms with Gasteiger partial charge >= 0.3 is 0 Å². The number of benzene rings is 2. The van der Waals surface area contributed by atoms with E-state index in [-0.39, 0.29) is 11.6 Å². The predicted molar refractivity (Wildman–Crippen MR) is 88.3 cm³/mol. The van der Waals surface area contributed by atoms with Crippen LogP contribution in [0.2, 0.25) is 5.02 Å². The number of aliphatic hydroxyl groups is 1. The lowest BCUT2D eigenvalue weighted by Crippen LogP contribution is -2.38. The Kier molecular flexibility index (Phi) is 5.16. The number of aliphatic hydroxyl groups excluding tert-OH is 1. The van der Waals surface area contributed by atoms with Crippen LogP contribution in [0, 0.1) is 5.82 Å². The van der Waals surface area contributed by atoms with E-state index in [1.54, 1.807) is 0 Å². The van der Waals surface area contributed by atoms with Crippen LogP contribution in [0.25, 0.3) is 0 Å². The van der Waals surface area contributed by atoms with Crippen molar-refractivity contribution in [2.75, 3.05) is 19.7 Å². The highest BCUT2D eigenvalue weighted by Crippen LogP contribution is 2.25. The van der Waals surface area contributed by atoms with Crippen LogP contribution < -0.4 is 4.74 Å². The van der Waals surface area contributed by atoms with Crippen LogP contribution in [0.4, 0.5) is 4.39 Å². The highest BCUT2D eigenvalue weighted by Gasteiger charge is 2.19. The molecule has 0 amide bonds. The lowest BCUT2D eigenvalue weighted by molar-refractivity contribution is 0.0638. The van der Waals surface area contributed by atoms with Gasteiger partial charge in [0, 0.05) is 19.6 Å². The van der Waals surface area contributed by atoms with Crippen molar-refractivity contribution in [3.63, 3.8) is 0 Å². The van der Waals surface area contributed by atoms with E-state index in [2.05, 4.69) is 23.1 Å². The topological polar surface area (TPSA) is 32.7 Å². The first kappa shape index (κ1) is 16.2. The van der Waals surface area contributed by atoms with Crippen LogP contribution in [-0.4, -0.2) is 35.8 Å². The minimum atomic E-state index is -0.624. The fourth-order valence-corrected chi connectivity index (χ4v) is 3.06. The van der Waals surface area contributed by atoms with Gasteiger partial charge in [-0.05, 0) is 35.7 Å². The van der Waals surface area contributed by atoms with E-state index in [0.29, 0.717) is 12.3 Å². The fraction of sp³-hybridized carbons (Fsp3) is 0.333. The number of nitrogens with zero attached hydrogens (tertiary/aromatic N) is 1. The second-order valence-corrected chi connectivity index (χ2v) is 6.20. The Morgan fingerprint density at radius 1 is 1.22 bits per heavy atom. The smallest absolute Gasteiger partial charge is 0.138 e. The molecule has 23 heavy (non-hydrogen) atoms. The number of rotatable bonds is 5. The lowest BCUT2D eigenvalue weighted by atomic mass is 10.00. The van der Waals surface area contributed by atoms with E-state index >= 15 is 0 Å². The quantitative estimate of drug-likeness (QED) is 0.910. The van der Waals surface area contributed by atoms with Crippen LogP contribution in [0.3, 0.4) is 0 Å². The van der Waals surface area contributed by atoms with Crippen molar-refractivity contribution in [2.24, 2.45) is 0 Å². The summed E-state index contributed by atoms with van der Waals surface area (Å²) in [6.45, 7) is 2.42. The summed E-state index contributed by atoms with van der Waals surface area (Å²) in [4.78, 5) is 2.21. The van der Waals surface area contributed by atoms with E-state index in [9.17, 15) is 9.50 Å². The van der Waals surface area contributed by atoms with Gasteiger partial charge in [0.1, 0.15) is 24.3 Å². The summed E-state index contributed by atoms with van der Waals surface area (Å²) in [5, 5.41) is 10.4. The Balaban J connectivity index is 1.51. The minimum absolute atomic E-state index is 0.128. The van der Waals surface area contributed by atoms with Crippen molar-refractivity contribution in [1.82, 2.24) is 4.90 Å². The summed E-state index contributed by atoms with van der Waals surface area (Å²) in [5.41, 5.74) is 2.70. The average Bonchev–Trinajstić information content (AvgIpc) is 2.54. The third-order valence-corrected chi connectivity index (χ3v) is 4.30. The predicted octanol–water partition coefficient (Wildman–Crippen LogP) is 3.28. The van der Waals surface area contributed by atoms with Crippen molar-refractivity contribution >= 4 is 11.6 Å². The number of halogens is 2. The van der Waals surface area contributed by atoms with Crippen LogP contribution >= 0.6 is 11.6 Å². The maximum atomic E-state index is 13.0. The fourth-order valence-electron chi connectivity index (χ4n) is 2.84. The summed E-state index contributed by atoms with van der Waals surface area (Å²) >= 11 is 5.90. The highest BCUT2D eigenvalue weighted by atomic mass is 35.5. The number of hydrogen-bond donors (Lipinski definition) is 1. The molecule has 1 aliphatic heterocycles. The van der Waals surface area contributed by atoms with E-state index in [0.717, 1.165) is 19.5 Å². The molecule has 0 bridgehead atoms. The summed E-state index contributed by atoms with van der Waals surface area (Å²) < 4.78 is 18.5. The van der Waals surface area contributed by atoms with Gasteiger partial charge in [-0.1, -0.05) is 35.9 Å². The molecule has 0 aromatic heterocycles. The monoisotopic (exact) mass is 335 g/mol. The second-order valence-electron chi connectivity index (χ2n) is 5.79. The Morgan fingerprint density at radius 3 is 2.78 bits per heavy atom. The number of hydrogen-bond acceptors (Lipinski definition) is 3. The molecule has 0 unspecified atom stereocenters. The molecule has 0 spiro atoms. The van der Waals surface area contributed by atoms with Gasteiger partial charge in [-0.2, -0.15) is 0 Å². The van der Waals surface area contributed by atoms with Gasteiger partial charge < -0.3 is 9.84 Å². The number of β-amino-alcohol motifs (C(OH)–C–C–N with tert-alkyl or cyclic N) is 1. The van der Waals surface area contributed by atoms with Crippen molar-refractivity contribution in [2.45, 2.75) is 19.1 Å². The molecular formula is C18H19ClFNO2. The standard InChI is InChI=1S/C18H19ClFNO2/c19-17-9-15(20)5-6-18(17)23-12-16(22)11-21-8-7-13-3-1-2-4-14(13)10-21/h1-6,9,16,22H,7-8,10-12H2/t16-/m1/s1. The van der Waals surface area contributed by atoms with Gasteiger partial charge in [-0.25, -0.2) is 4.39 Å². The molecule has 5 heteroatoms. The Labute approximate surface area is 140 Å². The van der Waals surface area contributed by atoms with Gasteiger partial charge in [0.05, 0.1) is 5.02 Å². The van der Waals surface area contributed by atoms with E-state index in [1.807, 2.05) is 6.07 Å². The molecule has 0 saturated carbocycles. The van der Waals surface area contributed by atoms with Gasteiger partial charge in [-0.3, -0.25) is 4.90 Å². The Bertz CT molecular complexity index is 680. The van der Waals surface area contributed by atoms with E-state index in [4.69, 9.17) is 16.3 Å². The molecule has 122 valence electrons. The maximum Gasteiger partial charge on any atom is 0.138 e. The molecule has 0 saturated heterocycles. The van der Waals surface area contributed by atoms with Crippen LogP contribution in [-0.2, 0) is 13.0 Å². The summed E-state index contributed by atoms with van der Waals surface area (Å²) in [6.07, 6.45) is 0.370. The number of ether oxygens (including phenoxy) is 1. The zero-order valence-corrected chi connectivity index (χ0v) is 13.5. The third kappa shape index (κ3) is 4.22. The van der Waals surface area contributed by atoms with Crippen LogP contribution in [0.1, 0.15) is 11.1 Å². The molecule has 3 rings (SSSR count). The maximum absolute atomic E-state index is 13.0. The van der Waals surface area contributed by atoms with Gasteiger partial charge in [0.25, 0.3) is 0 Å². The largest absolute Gasteiger partial charge is 0.489 e.